The molecular formula is C12H24N2O. The molecule has 1 heterocycles. The molecule has 2 N–H and O–H groups in total. The molecule has 3 heteroatoms. The fourth-order valence-corrected chi connectivity index (χ4v) is 2.82. The predicted octanol–water partition coefficient (Wildman–Crippen LogP) is 1.08. The summed E-state index contributed by atoms with van der Waals surface area (Å²) in [6, 6.07) is 0.492. The van der Waals surface area contributed by atoms with Crippen LogP contribution in [0.15, 0.2) is 0 Å². The van der Waals surface area contributed by atoms with Gasteiger partial charge in [0, 0.05) is 32.3 Å². The zero-order chi connectivity index (χ0) is 10.7. The molecule has 0 aromatic carbocycles. The third-order valence-electron chi connectivity index (χ3n) is 3.75. The SMILES string of the molecule is CN(CC1CCOCC1)CC1CC(N)C1. The van der Waals surface area contributed by atoms with E-state index in [0.717, 1.165) is 25.0 Å². The van der Waals surface area contributed by atoms with Gasteiger partial charge in [0.25, 0.3) is 0 Å². The first-order valence-electron chi connectivity index (χ1n) is 6.26. The lowest BCUT2D eigenvalue weighted by Gasteiger charge is -2.36. The summed E-state index contributed by atoms with van der Waals surface area (Å²) in [5.74, 6) is 1.72. The van der Waals surface area contributed by atoms with Crippen LogP contribution in [0.3, 0.4) is 0 Å². The van der Waals surface area contributed by atoms with Crippen LogP contribution in [-0.2, 0) is 4.74 Å². The molecule has 0 spiro atoms. The van der Waals surface area contributed by atoms with Gasteiger partial charge in [0.15, 0.2) is 0 Å². The summed E-state index contributed by atoms with van der Waals surface area (Å²) < 4.78 is 5.37. The highest BCUT2D eigenvalue weighted by atomic mass is 16.5. The molecular weight excluding hydrogens is 188 g/mol. The Morgan fingerprint density at radius 2 is 1.73 bits per heavy atom. The Labute approximate surface area is 93.0 Å². The van der Waals surface area contributed by atoms with Crippen molar-refractivity contribution in [3.8, 4) is 0 Å². The molecule has 1 aliphatic carbocycles. The van der Waals surface area contributed by atoms with Gasteiger partial charge >= 0.3 is 0 Å². The monoisotopic (exact) mass is 212 g/mol. The summed E-state index contributed by atoms with van der Waals surface area (Å²) >= 11 is 0. The van der Waals surface area contributed by atoms with Crippen LogP contribution >= 0.6 is 0 Å². The lowest BCUT2D eigenvalue weighted by atomic mass is 9.80. The third kappa shape index (κ3) is 3.44. The van der Waals surface area contributed by atoms with Crippen LogP contribution in [0.4, 0.5) is 0 Å². The standard InChI is InChI=1S/C12H24N2O/c1-14(9-11-6-12(13)7-11)8-10-2-4-15-5-3-10/h10-12H,2-9,13H2,1H3. The summed E-state index contributed by atoms with van der Waals surface area (Å²) in [7, 11) is 2.25. The van der Waals surface area contributed by atoms with E-state index in [-0.39, 0.29) is 0 Å². The number of nitrogens with zero attached hydrogens (tertiary/aromatic N) is 1. The van der Waals surface area contributed by atoms with Crippen LogP contribution in [0.1, 0.15) is 25.7 Å². The number of hydrogen-bond acceptors (Lipinski definition) is 3. The molecule has 1 aliphatic heterocycles. The lowest BCUT2D eigenvalue weighted by Crippen LogP contribution is -2.43. The Morgan fingerprint density at radius 1 is 1.13 bits per heavy atom. The van der Waals surface area contributed by atoms with Crippen LogP contribution in [0.5, 0.6) is 0 Å². The number of rotatable bonds is 4. The van der Waals surface area contributed by atoms with Gasteiger partial charge in [0.1, 0.15) is 0 Å². The molecule has 2 fully saturated rings. The van der Waals surface area contributed by atoms with Crippen LogP contribution < -0.4 is 5.73 Å². The minimum atomic E-state index is 0.492. The van der Waals surface area contributed by atoms with Crippen molar-refractivity contribution in [1.29, 1.82) is 0 Å². The molecule has 1 saturated carbocycles. The molecule has 0 aromatic heterocycles. The largest absolute Gasteiger partial charge is 0.381 e. The van der Waals surface area contributed by atoms with Crippen molar-refractivity contribution in [2.45, 2.75) is 31.7 Å². The van der Waals surface area contributed by atoms with Crippen molar-refractivity contribution in [1.82, 2.24) is 4.90 Å². The highest BCUT2D eigenvalue weighted by Crippen LogP contribution is 2.26. The summed E-state index contributed by atoms with van der Waals surface area (Å²) in [5.41, 5.74) is 5.79. The normalized spacial score (nSPS) is 33.0. The van der Waals surface area contributed by atoms with Gasteiger partial charge in [-0.25, -0.2) is 0 Å². The Morgan fingerprint density at radius 3 is 2.33 bits per heavy atom. The van der Waals surface area contributed by atoms with E-state index in [2.05, 4.69) is 11.9 Å². The molecule has 15 heavy (non-hydrogen) atoms. The molecule has 2 rings (SSSR count). The molecule has 0 unspecified atom stereocenters. The average Bonchev–Trinajstić information content (AvgIpc) is 2.17. The Kier molecular flexibility index (Phi) is 4.00. The van der Waals surface area contributed by atoms with Gasteiger partial charge in [-0.1, -0.05) is 0 Å². The van der Waals surface area contributed by atoms with Gasteiger partial charge in [0.2, 0.25) is 0 Å². The first kappa shape index (κ1) is 11.4. The second-order valence-electron chi connectivity index (χ2n) is 5.37. The zero-order valence-corrected chi connectivity index (χ0v) is 9.82. The van der Waals surface area contributed by atoms with Crippen LogP contribution in [0.25, 0.3) is 0 Å². The van der Waals surface area contributed by atoms with Crippen molar-refractivity contribution in [3.05, 3.63) is 0 Å². The Hall–Kier alpha value is -0.120. The van der Waals surface area contributed by atoms with Crippen LogP contribution in [-0.4, -0.2) is 44.3 Å². The number of ether oxygens (including phenoxy) is 1. The fourth-order valence-electron chi connectivity index (χ4n) is 2.82. The van der Waals surface area contributed by atoms with Crippen molar-refractivity contribution in [2.75, 3.05) is 33.4 Å². The van der Waals surface area contributed by atoms with Gasteiger partial charge < -0.3 is 15.4 Å². The quantitative estimate of drug-likeness (QED) is 0.758. The van der Waals surface area contributed by atoms with Crippen molar-refractivity contribution >= 4 is 0 Å². The fraction of sp³-hybridized carbons (Fsp3) is 1.00. The topological polar surface area (TPSA) is 38.5 Å². The van der Waals surface area contributed by atoms with E-state index in [1.807, 2.05) is 0 Å². The Balaban J connectivity index is 1.61. The van der Waals surface area contributed by atoms with E-state index in [4.69, 9.17) is 10.5 Å². The minimum Gasteiger partial charge on any atom is -0.381 e. The van der Waals surface area contributed by atoms with Gasteiger partial charge in [-0.2, -0.15) is 0 Å². The highest BCUT2D eigenvalue weighted by molar-refractivity contribution is 4.84. The summed E-state index contributed by atoms with van der Waals surface area (Å²) in [6.07, 6.45) is 4.96. The zero-order valence-electron chi connectivity index (χ0n) is 9.82. The summed E-state index contributed by atoms with van der Waals surface area (Å²) in [5, 5.41) is 0. The van der Waals surface area contributed by atoms with Gasteiger partial charge in [-0.15, -0.1) is 0 Å². The van der Waals surface area contributed by atoms with E-state index >= 15 is 0 Å². The van der Waals surface area contributed by atoms with Gasteiger partial charge in [-0.05, 0) is 44.6 Å². The summed E-state index contributed by atoms with van der Waals surface area (Å²) in [4.78, 5) is 2.49. The maximum atomic E-state index is 5.79. The Bertz CT molecular complexity index is 186. The molecule has 88 valence electrons. The molecule has 0 aromatic rings. The van der Waals surface area contributed by atoms with E-state index < -0.39 is 0 Å². The van der Waals surface area contributed by atoms with Crippen molar-refractivity contribution < 1.29 is 4.74 Å². The van der Waals surface area contributed by atoms with E-state index in [9.17, 15) is 0 Å². The van der Waals surface area contributed by atoms with Crippen LogP contribution in [0, 0.1) is 11.8 Å². The second-order valence-corrected chi connectivity index (χ2v) is 5.37. The third-order valence-corrected chi connectivity index (χ3v) is 3.75. The molecule has 0 bridgehead atoms. The predicted molar refractivity (Wildman–Crippen MR) is 61.7 cm³/mol. The average molecular weight is 212 g/mol. The first-order chi connectivity index (χ1) is 7.24. The highest BCUT2D eigenvalue weighted by Gasteiger charge is 2.27. The molecule has 3 nitrogen and oxygen atoms in total. The second kappa shape index (κ2) is 5.28. The number of hydrogen-bond donors (Lipinski definition) is 1. The smallest absolute Gasteiger partial charge is 0.0469 e. The van der Waals surface area contributed by atoms with E-state index in [1.165, 1.54) is 38.8 Å². The lowest BCUT2D eigenvalue weighted by molar-refractivity contribution is 0.0513. The minimum absolute atomic E-state index is 0.492. The van der Waals surface area contributed by atoms with Gasteiger partial charge in [0.05, 0.1) is 0 Å². The number of nitrogens with two attached hydrogens (primary N) is 1. The van der Waals surface area contributed by atoms with E-state index in [0.29, 0.717) is 6.04 Å². The van der Waals surface area contributed by atoms with Crippen LogP contribution in [0.2, 0.25) is 0 Å². The van der Waals surface area contributed by atoms with E-state index in [1.54, 1.807) is 0 Å². The maximum Gasteiger partial charge on any atom is 0.0469 e. The van der Waals surface area contributed by atoms with Gasteiger partial charge in [-0.3, -0.25) is 0 Å². The molecule has 0 amide bonds. The first-order valence-corrected chi connectivity index (χ1v) is 6.26. The molecule has 0 atom stereocenters. The van der Waals surface area contributed by atoms with Crippen molar-refractivity contribution in [2.24, 2.45) is 17.6 Å². The maximum absolute atomic E-state index is 5.79. The molecule has 2 aliphatic rings. The molecule has 0 radical (unpaired) electrons. The summed E-state index contributed by atoms with van der Waals surface area (Å²) in [6.45, 7) is 4.42. The van der Waals surface area contributed by atoms with Crippen molar-refractivity contribution in [3.63, 3.8) is 0 Å². The molecule has 1 saturated heterocycles.